The van der Waals surface area contributed by atoms with Crippen LogP contribution < -0.4 is 10.6 Å². The smallest absolute Gasteiger partial charge is 0.191 e. The Hall–Kier alpha value is -2.11. The van der Waals surface area contributed by atoms with E-state index < -0.39 is 0 Å². The van der Waals surface area contributed by atoms with Crippen molar-refractivity contribution in [2.45, 2.75) is 40.2 Å². The van der Waals surface area contributed by atoms with Crippen LogP contribution in [0, 0.1) is 5.92 Å². The third kappa shape index (κ3) is 4.19. The van der Waals surface area contributed by atoms with Gasteiger partial charge in [0.15, 0.2) is 11.6 Å². The van der Waals surface area contributed by atoms with Crippen LogP contribution in [0.15, 0.2) is 29.4 Å². The highest BCUT2D eigenvalue weighted by Gasteiger charge is 2.09. The number of nitrogens with zero attached hydrogens (tertiary/aromatic N) is 4. The van der Waals surface area contributed by atoms with E-state index in [1.54, 1.807) is 0 Å². The molecule has 0 saturated carbocycles. The molecular weight excluding hydrogens is 276 g/mol. The maximum atomic E-state index is 4.63. The maximum Gasteiger partial charge on any atom is 0.191 e. The SMILES string of the molecule is CCNC(=NCCc1nnc2ccccn12)NC(C)C(C)C. The number of hydrogen-bond donors (Lipinski definition) is 2. The molecule has 0 radical (unpaired) electrons. The summed E-state index contributed by atoms with van der Waals surface area (Å²) in [6.45, 7) is 10.2. The number of aliphatic imine (C=N–C) groups is 1. The summed E-state index contributed by atoms with van der Waals surface area (Å²) in [5.74, 6) is 2.36. The number of aromatic nitrogens is 3. The summed E-state index contributed by atoms with van der Waals surface area (Å²) >= 11 is 0. The van der Waals surface area contributed by atoms with Crippen LogP contribution in [0.4, 0.5) is 0 Å². The molecule has 2 aromatic heterocycles. The molecule has 2 aromatic rings. The molecule has 2 heterocycles. The van der Waals surface area contributed by atoms with Crippen LogP contribution in [-0.4, -0.2) is 39.7 Å². The standard InChI is InChI=1S/C16H26N6/c1-5-17-16(19-13(4)12(2)3)18-10-9-15-21-20-14-8-6-7-11-22(14)15/h6-8,11-13H,5,9-10H2,1-4H3,(H2,17,18,19). The lowest BCUT2D eigenvalue weighted by atomic mass is 10.1. The second-order valence-electron chi connectivity index (χ2n) is 5.73. The maximum absolute atomic E-state index is 4.63. The van der Waals surface area contributed by atoms with Crippen LogP contribution in [0.2, 0.25) is 0 Å². The normalized spacial score (nSPS) is 13.6. The van der Waals surface area contributed by atoms with E-state index in [0.717, 1.165) is 30.4 Å². The molecule has 2 rings (SSSR count). The van der Waals surface area contributed by atoms with Crippen LogP contribution in [0.5, 0.6) is 0 Å². The second kappa shape index (κ2) is 7.77. The quantitative estimate of drug-likeness (QED) is 0.631. The van der Waals surface area contributed by atoms with E-state index in [1.807, 2.05) is 28.8 Å². The van der Waals surface area contributed by atoms with Gasteiger partial charge >= 0.3 is 0 Å². The number of fused-ring (bicyclic) bond motifs is 1. The second-order valence-corrected chi connectivity index (χ2v) is 5.73. The van der Waals surface area contributed by atoms with Gasteiger partial charge in [0, 0.05) is 31.7 Å². The highest BCUT2D eigenvalue weighted by Crippen LogP contribution is 2.03. The van der Waals surface area contributed by atoms with Crippen molar-refractivity contribution >= 4 is 11.6 Å². The third-order valence-corrected chi connectivity index (χ3v) is 3.70. The summed E-state index contributed by atoms with van der Waals surface area (Å²) in [5.41, 5.74) is 0.875. The highest BCUT2D eigenvalue weighted by molar-refractivity contribution is 5.80. The molecule has 0 aliphatic heterocycles. The fraction of sp³-hybridized carbons (Fsp3) is 0.562. The zero-order valence-electron chi connectivity index (χ0n) is 13.9. The minimum atomic E-state index is 0.381. The summed E-state index contributed by atoms with van der Waals surface area (Å²) in [7, 11) is 0. The summed E-state index contributed by atoms with van der Waals surface area (Å²) in [6, 6.07) is 6.29. The van der Waals surface area contributed by atoms with Crippen molar-refractivity contribution in [3.63, 3.8) is 0 Å². The molecule has 1 atom stereocenters. The van der Waals surface area contributed by atoms with Gasteiger partial charge in [0.05, 0.1) is 0 Å². The topological polar surface area (TPSA) is 66.6 Å². The molecule has 0 aromatic carbocycles. The van der Waals surface area contributed by atoms with Crippen LogP contribution in [0.25, 0.3) is 5.65 Å². The average molecular weight is 302 g/mol. The van der Waals surface area contributed by atoms with Gasteiger partial charge in [-0.2, -0.15) is 0 Å². The summed E-state index contributed by atoms with van der Waals surface area (Å²) in [5, 5.41) is 15.1. The van der Waals surface area contributed by atoms with E-state index in [2.05, 4.69) is 53.5 Å². The monoisotopic (exact) mass is 302 g/mol. The summed E-state index contributed by atoms with van der Waals surface area (Å²) < 4.78 is 2.01. The molecule has 2 N–H and O–H groups in total. The van der Waals surface area contributed by atoms with Gasteiger partial charge in [-0.3, -0.25) is 9.39 Å². The Bertz CT molecular complexity index is 616. The van der Waals surface area contributed by atoms with Gasteiger partial charge in [0.1, 0.15) is 5.82 Å². The predicted molar refractivity (Wildman–Crippen MR) is 90.1 cm³/mol. The van der Waals surface area contributed by atoms with Crippen LogP contribution in [-0.2, 0) is 6.42 Å². The Balaban J connectivity index is 1.98. The third-order valence-electron chi connectivity index (χ3n) is 3.70. The average Bonchev–Trinajstić information content (AvgIpc) is 2.91. The van der Waals surface area contributed by atoms with Gasteiger partial charge < -0.3 is 10.6 Å². The van der Waals surface area contributed by atoms with Crippen LogP contribution in [0.3, 0.4) is 0 Å². The van der Waals surface area contributed by atoms with Gasteiger partial charge in [-0.15, -0.1) is 10.2 Å². The Morgan fingerprint density at radius 3 is 2.82 bits per heavy atom. The van der Waals surface area contributed by atoms with Gasteiger partial charge in [0.2, 0.25) is 0 Å². The molecule has 1 unspecified atom stereocenters. The van der Waals surface area contributed by atoms with E-state index >= 15 is 0 Å². The molecule has 0 bridgehead atoms. The predicted octanol–water partition coefficient (Wildman–Crippen LogP) is 1.87. The van der Waals surface area contributed by atoms with Gasteiger partial charge in [0.25, 0.3) is 0 Å². The molecule has 0 spiro atoms. The Kier molecular flexibility index (Phi) is 5.75. The van der Waals surface area contributed by atoms with Crippen molar-refractivity contribution in [1.29, 1.82) is 0 Å². The zero-order chi connectivity index (χ0) is 15.9. The zero-order valence-corrected chi connectivity index (χ0v) is 13.9. The number of nitrogens with one attached hydrogen (secondary N) is 2. The largest absolute Gasteiger partial charge is 0.357 e. The van der Waals surface area contributed by atoms with E-state index in [4.69, 9.17) is 0 Å². The Morgan fingerprint density at radius 1 is 1.27 bits per heavy atom. The molecule has 0 aliphatic rings. The lowest BCUT2D eigenvalue weighted by Crippen LogP contribution is -2.44. The number of guanidine groups is 1. The first-order valence-corrected chi connectivity index (χ1v) is 7.95. The molecule has 0 amide bonds. The van der Waals surface area contributed by atoms with Crippen molar-refractivity contribution in [2.24, 2.45) is 10.9 Å². The van der Waals surface area contributed by atoms with Crippen molar-refractivity contribution in [3.05, 3.63) is 30.2 Å². The molecule has 6 nitrogen and oxygen atoms in total. The Labute approximate surface area is 132 Å². The van der Waals surface area contributed by atoms with Crippen LogP contribution in [0.1, 0.15) is 33.5 Å². The van der Waals surface area contributed by atoms with E-state index in [-0.39, 0.29) is 0 Å². The van der Waals surface area contributed by atoms with Crippen molar-refractivity contribution in [3.8, 4) is 0 Å². The molecule has 120 valence electrons. The molecular formula is C16H26N6. The minimum absolute atomic E-state index is 0.381. The van der Waals surface area contributed by atoms with Crippen molar-refractivity contribution in [1.82, 2.24) is 25.2 Å². The molecule has 0 aliphatic carbocycles. The molecule has 6 heteroatoms. The van der Waals surface area contributed by atoms with Gasteiger partial charge in [-0.05, 0) is 31.9 Å². The van der Waals surface area contributed by atoms with Crippen LogP contribution >= 0.6 is 0 Å². The van der Waals surface area contributed by atoms with Gasteiger partial charge in [-0.25, -0.2) is 0 Å². The molecule has 0 saturated heterocycles. The lowest BCUT2D eigenvalue weighted by Gasteiger charge is -2.20. The lowest BCUT2D eigenvalue weighted by molar-refractivity contribution is 0.481. The number of hydrogen-bond acceptors (Lipinski definition) is 3. The minimum Gasteiger partial charge on any atom is -0.357 e. The number of pyridine rings is 1. The fourth-order valence-corrected chi connectivity index (χ4v) is 2.03. The first-order valence-electron chi connectivity index (χ1n) is 7.95. The number of rotatable bonds is 6. The molecule has 22 heavy (non-hydrogen) atoms. The highest BCUT2D eigenvalue weighted by atomic mass is 15.2. The fourth-order valence-electron chi connectivity index (χ4n) is 2.03. The Morgan fingerprint density at radius 2 is 2.09 bits per heavy atom. The first-order chi connectivity index (χ1) is 10.6. The van der Waals surface area contributed by atoms with Gasteiger partial charge in [-0.1, -0.05) is 19.9 Å². The molecule has 0 fully saturated rings. The van der Waals surface area contributed by atoms with E-state index in [0.29, 0.717) is 18.5 Å². The first kappa shape index (κ1) is 16.3. The summed E-state index contributed by atoms with van der Waals surface area (Å²) in [6.07, 6.45) is 2.75. The van der Waals surface area contributed by atoms with E-state index in [1.165, 1.54) is 0 Å². The van der Waals surface area contributed by atoms with E-state index in [9.17, 15) is 0 Å². The van der Waals surface area contributed by atoms with Crippen molar-refractivity contribution in [2.75, 3.05) is 13.1 Å². The van der Waals surface area contributed by atoms with Crippen molar-refractivity contribution < 1.29 is 0 Å². The summed E-state index contributed by atoms with van der Waals surface area (Å²) in [4.78, 5) is 4.63.